The molecule has 1 aromatic heterocycles. The van der Waals surface area contributed by atoms with Gasteiger partial charge < -0.3 is 5.32 Å². The van der Waals surface area contributed by atoms with E-state index in [2.05, 4.69) is 10.3 Å². The highest BCUT2D eigenvalue weighted by atomic mass is 32.2. The van der Waals surface area contributed by atoms with Crippen molar-refractivity contribution < 1.29 is 18.0 Å². The smallest absolute Gasteiger partial charge is 0.243 e. The number of nitrogens with one attached hydrogen (secondary N) is 1. The summed E-state index contributed by atoms with van der Waals surface area (Å²) < 4.78 is 27.5. The van der Waals surface area contributed by atoms with Gasteiger partial charge in [0.1, 0.15) is 4.88 Å². The van der Waals surface area contributed by atoms with Gasteiger partial charge in [-0.2, -0.15) is 4.31 Å². The van der Waals surface area contributed by atoms with Gasteiger partial charge in [0.05, 0.1) is 10.6 Å². The van der Waals surface area contributed by atoms with Crippen LogP contribution in [0.25, 0.3) is 11.3 Å². The summed E-state index contributed by atoms with van der Waals surface area (Å²) in [6, 6.07) is 25.2. The molecule has 5 rings (SSSR count). The van der Waals surface area contributed by atoms with Crippen LogP contribution in [0.2, 0.25) is 0 Å². The number of nitrogens with zero attached hydrogens (tertiary/aromatic N) is 2. The highest BCUT2D eigenvalue weighted by molar-refractivity contribution is 7.89. The molecular formula is C29H27N3O4S2. The van der Waals surface area contributed by atoms with Crippen molar-refractivity contribution in [3.05, 3.63) is 101 Å². The molecule has 194 valence electrons. The molecule has 1 saturated heterocycles. The molecule has 4 aromatic rings. The minimum Gasteiger partial charge on any atom is -0.302 e. The van der Waals surface area contributed by atoms with E-state index in [1.807, 2.05) is 55.5 Å². The predicted octanol–water partition coefficient (Wildman–Crippen LogP) is 5.39. The Morgan fingerprint density at radius 1 is 0.895 bits per heavy atom. The Hall–Kier alpha value is -3.66. The molecule has 1 amide bonds. The van der Waals surface area contributed by atoms with Crippen LogP contribution in [-0.2, 0) is 14.8 Å². The molecule has 1 aliphatic heterocycles. The summed E-state index contributed by atoms with van der Waals surface area (Å²) in [5, 5.41) is 3.24. The van der Waals surface area contributed by atoms with Crippen LogP contribution in [0.1, 0.15) is 33.6 Å². The summed E-state index contributed by atoms with van der Waals surface area (Å²) >= 11 is 1.15. The molecule has 0 aliphatic carbocycles. The lowest BCUT2D eigenvalue weighted by Gasteiger charge is -2.30. The number of piperidine rings is 1. The van der Waals surface area contributed by atoms with Gasteiger partial charge in [-0.15, -0.1) is 0 Å². The number of sulfonamides is 1. The van der Waals surface area contributed by atoms with Crippen molar-refractivity contribution in [3.63, 3.8) is 0 Å². The SMILES string of the molecule is Cc1ccc(S(=O)(=O)N2CCC(C(=O)Nc3nc(-c4ccccc4)c(C(=O)c4ccccc4)s3)CC2)cc1. The summed E-state index contributed by atoms with van der Waals surface area (Å²) in [6.07, 6.45) is 0.813. The van der Waals surface area contributed by atoms with E-state index in [1.165, 1.54) is 4.31 Å². The Bertz CT molecular complexity index is 1540. The van der Waals surface area contributed by atoms with Gasteiger partial charge >= 0.3 is 0 Å². The Kier molecular flexibility index (Phi) is 7.51. The summed E-state index contributed by atoms with van der Waals surface area (Å²) in [5.74, 6) is -0.724. The maximum atomic E-state index is 13.3. The lowest BCUT2D eigenvalue weighted by atomic mass is 9.97. The van der Waals surface area contributed by atoms with Gasteiger partial charge in [-0.3, -0.25) is 9.59 Å². The monoisotopic (exact) mass is 545 g/mol. The van der Waals surface area contributed by atoms with Gasteiger partial charge in [0.15, 0.2) is 5.13 Å². The summed E-state index contributed by atoms with van der Waals surface area (Å²) in [4.78, 5) is 31.8. The third kappa shape index (κ3) is 5.45. The van der Waals surface area contributed by atoms with Gasteiger partial charge in [-0.05, 0) is 31.9 Å². The van der Waals surface area contributed by atoms with Crippen molar-refractivity contribution in [1.82, 2.24) is 9.29 Å². The highest BCUT2D eigenvalue weighted by Crippen LogP contribution is 2.34. The number of thiazole rings is 1. The maximum absolute atomic E-state index is 13.3. The topological polar surface area (TPSA) is 96.4 Å². The first-order valence-electron chi connectivity index (χ1n) is 12.4. The van der Waals surface area contributed by atoms with Gasteiger partial charge in [0.2, 0.25) is 21.7 Å². The predicted molar refractivity (Wildman–Crippen MR) is 149 cm³/mol. The second-order valence-corrected chi connectivity index (χ2v) is 12.2. The van der Waals surface area contributed by atoms with E-state index in [1.54, 1.807) is 36.4 Å². The van der Waals surface area contributed by atoms with Crippen molar-refractivity contribution in [1.29, 1.82) is 0 Å². The van der Waals surface area contributed by atoms with Crippen LogP contribution >= 0.6 is 11.3 Å². The largest absolute Gasteiger partial charge is 0.302 e. The second-order valence-electron chi connectivity index (χ2n) is 9.24. The number of aryl methyl sites for hydroxylation is 1. The Labute approximate surface area is 226 Å². The number of carbonyl (C=O) groups excluding carboxylic acids is 2. The standard InChI is InChI=1S/C29H27N3O4S2/c1-20-12-14-24(15-13-20)38(35,36)32-18-16-23(17-19-32)28(34)31-29-30-25(21-8-4-2-5-9-21)27(37-29)26(33)22-10-6-3-7-11-22/h2-15,23H,16-19H2,1H3,(H,30,31,34). The van der Waals surface area contributed by atoms with E-state index in [0.717, 1.165) is 22.5 Å². The molecule has 0 spiro atoms. The first-order valence-corrected chi connectivity index (χ1v) is 14.6. The first-order chi connectivity index (χ1) is 18.3. The van der Waals surface area contributed by atoms with Crippen LogP contribution in [-0.4, -0.2) is 42.5 Å². The molecule has 38 heavy (non-hydrogen) atoms. The van der Waals surface area contributed by atoms with Crippen molar-refractivity contribution in [2.75, 3.05) is 18.4 Å². The molecule has 7 nitrogen and oxygen atoms in total. The molecule has 1 N–H and O–H groups in total. The summed E-state index contributed by atoms with van der Waals surface area (Å²) in [5.41, 5.74) is 2.86. The van der Waals surface area contributed by atoms with E-state index < -0.39 is 10.0 Å². The second kappa shape index (κ2) is 11.0. The number of rotatable bonds is 7. The Balaban J connectivity index is 1.31. The van der Waals surface area contributed by atoms with E-state index in [-0.39, 0.29) is 35.6 Å². The van der Waals surface area contributed by atoms with Gasteiger partial charge in [-0.25, -0.2) is 13.4 Å². The number of benzene rings is 3. The maximum Gasteiger partial charge on any atom is 0.243 e. The van der Waals surface area contributed by atoms with Crippen LogP contribution in [0.15, 0.2) is 89.8 Å². The zero-order chi connectivity index (χ0) is 26.7. The normalized spacial score (nSPS) is 14.8. The van der Waals surface area contributed by atoms with Crippen LogP contribution in [0, 0.1) is 12.8 Å². The molecular weight excluding hydrogens is 518 g/mol. The molecule has 1 fully saturated rings. The van der Waals surface area contributed by atoms with E-state index in [9.17, 15) is 18.0 Å². The first kappa shape index (κ1) is 26.0. The average molecular weight is 546 g/mol. The number of ketones is 1. The lowest BCUT2D eigenvalue weighted by molar-refractivity contribution is -0.120. The third-order valence-electron chi connectivity index (χ3n) is 6.63. The molecule has 0 saturated carbocycles. The van der Waals surface area contributed by atoms with Crippen LogP contribution in [0.3, 0.4) is 0 Å². The Morgan fingerprint density at radius 3 is 2.13 bits per heavy atom. The highest BCUT2D eigenvalue weighted by Gasteiger charge is 2.32. The number of hydrogen-bond acceptors (Lipinski definition) is 6. The minimum absolute atomic E-state index is 0.155. The fourth-order valence-electron chi connectivity index (χ4n) is 4.46. The van der Waals surface area contributed by atoms with E-state index >= 15 is 0 Å². The number of carbonyl (C=O) groups is 2. The van der Waals surface area contributed by atoms with E-state index in [4.69, 9.17) is 0 Å². The summed E-state index contributed by atoms with van der Waals surface area (Å²) in [6.45, 7) is 2.44. The van der Waals surface area contributed by atoms with Gasteiger partial charge in [0.25, 0.3) is 0 Å². The minimum atomic E-state index is -3.60. The zero-order valence-corrected chi connectivity index (χ0v) is 22.5. The van der Waals surface area contributed by atoms with Crippen molar-refractivity contribution in [2.45, 2.75) is 24.7 Å². The van der Waals surface area contributed by atoms with Crippen molar-refractivity contribution >= 4 is 38.2 Å². The lowest BCUT2D eigenvalue weighted by Crippen LogP contribution is -2.41. The number of amides is 1. The molecule has 2 heterocycles. The molecule has 3 aromatic carbocycles. The molecule has 1 aliphatic rings. The van der Waals surface area contributed by atoms with Crippen LogP contribution < -0.4 is 5.32 Å². The summed E-state index contributed by atoms with van der Waals surface area (Å²) in [7, 11) is -3.60. The van der Waals surface area contributed by atoms with Gasteiger partial charge in [-0.1, -0.05) is 89.7 Å². The average Bonchev–Trinajstić information content (AvgIpc) is 3.37. The Morgan fingerprint density at radius 2 is 1.50 bits per heavy atom. The fourth-order valence-corrected chi connectivity index (χ4v) is 6.89. The number of anilines is 1. The van der Waals surface area contributed by atoms with Crippen molar-refractivity contribution in [3.8, 4) is 11.3 Å². The fraction of sp³-hybridized carbons (Fsp3) is 0.207. The number of aromatic nitrogens is 1. The number of hydrogen-bond donors (Lipinski definition) is 1. The molecule has 0 radical (unpaired) electrons. The van der Waals surface area contributed by atoms with Crippen LogP contribution in [0.5, 0.6) is 0 Å². The molecule has 0 bridgehead atoms. The quantitative estimate of drug-likeness (QED) is 0.314. The third-order valence-corrected chi connectivity index (χ3v) is 9.51. The van der Waals surface area contributed by atoms with Crippen LogP contribution in [0.4, 0.5) is 5.13 Å². The zero-order valence-electron chi connectivity index (χ0n) is 20.8. The van der Waals surface area contributed by atoms with E-state index in [0.29, 0.717) is 34.1 Å². The molecule has 0 atom stereocenters. The molecule has 0 unspecified atom stereocenters. The molecule has 9 heteroatoms. The van der Waals surface area contributed by atoms with Crippen molar-refractivity contribution in [2.24, 2.45) is 5.92 Å². The van der Waals surface area contributed by atoms with Gasteiger partial charge in [0, 0.05) is 30.1 Å².